The van der Waals surface area contributed by atoms with Crippen LogP contribution in [-0.4, -0.2) is 10.2 Å². The standard InChI is InChI=1S/C16H20O2/c1-10(2)16(3,4)13-9-11-7-5-6-8-12(11)14(17)15(13)18/h5-10,17-18H,1-4H3. The van der Waals surface area contributed by atoms with E-state index in [4.69, 9.17) is 0 Å². The third-order valence-electron chi connectivity index (χ3n) is 4.13. The summed E-state index contributed by atoms with van der Waals surface area (Å²) in [7, 11) is 0. The van der Waals surface area contributed by atoms with Gasteiger partial charge in [0.1, 0.15) is 0 Å². The lowest BCUT2D eigenvalue weighted by Gasteiger charge is -2.31. The Morgan fingerprint density at radius 3 is 2.22 bits per heavy atom. The van der Waals surface area contributed by atoms with E-state index in [1.807, 2.05) is 30.3 Å². The van der Waals surface area contributed by atoms with Gasteiger partial charge in [0, 0.05) is 10.9 Å². The van der Waals surface area contributed by atoms with Crippen molar-refractivity contribution in [2.24, 2.45) is 5.92 Å². The highest BCUT2D eigenvalue weighted by atomic mass is 16.3. The fourth-order valence-corrected chi connectivity index (χ4v) is 2.12. The molecule has 18 heavy (non-hydrogen) atoms. The quantitative estimate of drug-likeness (QED) is 0.778. The van der Waals surface area contributed by atoms with Crippen LogP contribution in [0.25, 0.3) is 10.8 Å². The molecule has 0 radical (unpaired) electrons. The Hall–Kier alpha value is -1.70. The van der Waals surface area contributed by atoms with E-state index in [0.29, 0.717) is 11.3 Å². The topological polar surface area (TPSA) is 40.5 Å². The molecule has 0 fully saturated rings. The van der Waals surface area contributed by atoms with Gasteiger partial charge in [0.2, 0.25) is 0 Å². The fraction of sp³-hybridized carbons (Fsp3) is 0.375. The Kier molecular flexibility index (Phi) is 2.97. The van der Waals surface area contributed by atoms with Crippen LogP contribution >= 0.6 is 0 Å². The highest BCUT2D eigenvalue weighted by Gasteiger charge is 2.29. The molecule has 0 bridgehead atoms. The summed E-state index contributed by atoms with van der Waals surface area (Å²) >= 11 is 0. The van der Waals surface area contributed by atoms with Crippen molar-refractivity contribution in [1.82, 2.24) is 0 Å². The molecule has 2 N–H and O–H groups in total. The lowest BCUT2D eigenvalue weighted by molar-refractivity contribution is 0.341. The molecule has 0 aliphatic rings. The molecule has 2 nitrogen and oxygen atoms in total. The summed E-state index contributed by atoms with van der Waals surface area (Å²) in [5, 5.41) is 22.0. The Labute approximate surface area is 108 Å². The molecule has 0 aromatic heterocycles. The van der Waals surface area contributed by atoms with Crippen LogP contribution < -0.4 is 0 Å². The van der Waals surface area contributed by atoms with E-state index in [2.05, 4.69) is 27.7 Å². The normalized spacial score (nSPS) is 12.3. The highest BCUT2D eigenvalue weighted by Crippen LogP contribution is 2.44. The molecule has 2 aromatic carbocycles. The summed E-state index contributed by atoms with van der Waals surface area (Å²) in [4.78, 5) is 0. The number of fused-ring (bicyclic) bond motifs is 1. The number of hydrogen-bond acceptors (Lipinski definition) is 2. The molecule has 0 heterocycles. The zero-order chi connectivity index (χ0) is 13.5. The Balaban J connectivity index is 2.77. The molecule has 0 atom stereocenters. The van der Waals surface area contributed by atoms with E-state index in [0.717, 1.165) is 10.9 Å². The molecule has 0 saturated heterocycles. The average Bonchev–Trinajstić information content (AvgIpc) is 2.33. The molecule has 2 aromatic rings. The van der Waals surface area contributed by atoms with Gasteiger partial charge in [-0.05, 0) is 22.8 Å². The van der Waals surface area contributed by atoms with E-state index in [-0.39, 0.29) is 16.9 Å². The van der Waals surface area contributed by atoms with Crippen molar-refractivity contribution in [2.45, 2.75) is 33.1 Å². The van der Waals surface area contributed by atoms with Crippen LogP contribution in [-0.2, 0) is 5.41 Å². The maximum atomic E-state index is 10.2. The summed E-state index contributed by atoms with van der Waals surface area (Å²) in [5.41, 5.74) is 0.611. The number of aromatic hydroxyl groups is 2. The van der Waals surface area contributed by atoms with Gasteiger partial charge in [-0.2, -0.15) is 0 Å². The van der Waals surface area contributed by atoms with Crippen molar-refractivity contribution in [1.29, 1.82) is 0 Å². The molecule has 0 saturated carbocycles. The summed E-state index contributed by atoms with van der Waals surface area (Å²) in [6.45, 7) is 8.40. The Morgan fingerprint density at radius 1 is 1.00 bits per heavy atom. The van der Waals surface area contributed by atoms with Crippen LogP contribution in [0.4, 0.5) is 0 Å². The summed E-state index contributed by atoms with van der Waals surface area (Å²) in [6, 6.07) is 9.54. The zero-order valence-electron chi connectivity index (χ0n) is 11.4. The second-order valence-electron chi connectivity index (χ2n) is 5.72. The Morgan fingerprint density at radius 2 is 1.61 bits per heavy atom. The van der Waals surface area contributed by atoms with Crippen LogP contribution in [0.5, 0.6) is 11.5 Å². The molecule has 0 amide bonds. The first kappa shape index (κ1) is 12.7. The van der Waals surface area contributed by atoms with E-state index in [1.165, 1.54) is 0 Å². The lowest BCUT2D eigenvalue weighted by atomic mass is 9.74. The third kappa shape index (κ3) is 1.82. The van der Waals surface area contributed by atoms with Crippen molar-refractivity contribution in [3.8, 4) is 11.5 Å². The minimum absolute atomic E-state index is 0.00685. The van der Waals surface area contributed by atoms with Crippen LogP contribution in [0, 0.1) is 5.92 Å². The Bertz CT molecular complexity index is 583. The first-order chi connectivity index (χ1) is 8.35. The van der Waals surface area contributed by atoms with Gasteiger partial charge in [0.25, 0.3) is 0 Å². The molecule has 0 spiro atoms. The van der Waals surface area contributed by atoms with Gasteiger partial charge in [-0.15, -0.1) is 0 Å². The second-order valence-corrected chi connectivity index (χ2v) is 5.72. The minimum atomic E-state index is -0.189. The third-order valence-corrected chi connectivity index (χ3v) is 4.13. The number of rotatable bonds is 2. The minimum Gasteiger partial charge on any atom is -0.504 e. The highest BCUT2D eigenvalue weighted by molar-refractivity contribution is 5.91. The largest absolute Gasteiger partial charge is 0.504 e. The van der Waals surface area contributed by atoms with Crippen molar-refractivity contribution >= 4 is 10.8 Å². The van der Waals surface area contributed by atoms with Crippen LogP contribution in [0.15, 0.2) is 30.3 Å². The van der Waals surface area contributed by atoms with E-state index in [9.17, 15) is 10.2 Å². The monoisotopic (exact) mass is 244 g/mol. The van der Waals surface area contributed by atoms with Gasteiger partial charge in [0.05, 0.1) is 0 Å². The molecule has 0 aliphatic heterocycles. The average molecular weight is 244 g/mol. The number of hydrogen-bond donors (Lipinski definition) is 2. The second kappa shape index (κ2) is 4.20. The van der Waals surface area contributed by atoms with Crippen LogP contribution in [0.2, 0.25) is 0 Å². The van der Waals surface area contributed by atoms with Crippen molar-refractivity contribution in [3.05, 3.63) is 35.9 Å². The first-order valence-electron chi connectivity index (χ1n) is 6.30. The summed E-state index contributed by atoms with van der Waals surface area (Å²) in [6.07, 6.45) is 0. The predicted octanol–water partition coefficient (Wildman–Crippen LogP) is 4.18. The molecule has 0 aliphatic carbocycles. The van der Waals surface area contributed by atoms with Crippen molar-refractivity contribution in [3.63, 3.8) is 0 Å². The molecule has 96 valence electrons. The lowest BCUT2D eigenvalue weighted by Crippen LogP contribution is -2.24. The maximum Gasteiger partial charge on any atom is 0.165 e. The SMILES string of the molecule is CC(C)C(C)(C)c1cc2ccccc2c(O)c1O. The summed E-state index contributed by atoms with van der Waals surface area (Å²) in [5.74, 6) is 0.355. The predicted molar refractivity (Wildman–Crippen MR) is 75.1 cm³/mol. The molecular weight excluding hydrogens is 224 g/mol. The van der Waals surface area contributed by atoms with Gasteiger partial charge in [-0.3, -0.25) is 0 Å². The van der Waals surface area contributed by atoms with E-state index < -0.39 is 0 Å². The van der Waals surface area contributed by atoms with Crippen molar-refractivity contribution in [2.75, 3.05) is 0 Å². The fourth-order valence-electron chi connectivity index (χ4n) is 2.12. The molecule has 2 rings (SSSR count). The van der Waals surface area contributed by atoms with Gasteiger partial charge in [-0.1, -0.05) is 52.0 Å². The van der Waals surface area contributed by atoms with Gasteiger partial charge < -0.3 is 10.2 Å². The first-order valence-corrected chi connectivity index (χ1v) is 6.30. The van der Waals surface area contributed by atoms with Gasteiger partial charge >= 0.3 is 0 Å². The molecule has 0 unspecified atom stereocenters. The van der Waals surface area contributed by atoms with E-state index >= 15 is 0 Å². The molecule has 2 heteroatoms. The zero-order valence-corrected chi connectivity index (χ0v) is 11.4. The van der Waals surface area contributed by atoms with Crippen molar-refractivity contribution < 1.29 is 10.2 Å². The number of benzene rings is 2. The van der Waals surface area contributed by atoms with Gasteiger partial charge in [0.15, 0.2) is 11.5 Å². The van der Waals surface area contributed by atoms with Gasteiger partial charge in [-0.25, -0.2) is 0 Å². The number of phenols is 2. The summed E-state index contributed by atoms with van der Waals surface area (Å²) < 4.78 is 0. The number of phenolic OH excluding ortho intramolecular Hbond substituents is 2. The smallest absolute Gasteiger partial charge is 0.165 e. The van der Waals surface area contributed by atoms with E-state index in [1.54, 1.807) is 0 Å². The van der Waals surface area contributed by atoms with Crippen LogP contribution in [0.3, 0.4) is 0 Å². The molecular formula is C16H20O2. The van der Waals surface area contributed by atoms with Crippen LogP contribution in [0.1, 0.15) is 33.3 Å². The maximum absolute atomic E-state index is 10.2.